The summed E-state index contributed by atoms with van der Waals surface area (Å²) >= 11 is 0. The highest BCUT2D eigenvalue weighted by atomic mass is 19.4. The van der Waals surface area contributed by atoms with Crippen molar-refractivity contribution in [3.05, 3.63) is 42.2 Å². The number of alkyl halides is 3. The van der Waals surface area contributed by atoms with Crippen molar-refractivity contribution in [3.8, 4) is 5.75 Å². The molecular weight excluding hydrogens is 349 g/mol. The predicted octanol–water partition coefficient (Wildman–Crippen LogP) is 3.62. The Balaban J connectivity index is 1.66. The molecule has 1 N–H and O–H groups in total. The fraction of sp³-hybridized carbons (Fsp3) is 0.353. The zero-order chi connectivity index (χ0) is 18.6. The van der Waals surface area contributed by atoms with Gasteiger partial charge in [-0.2, -0.15) is 0 Å². The van der Waals surface area contributed by atoms with Gasteiger partial charge in [-0.25, -0.2) is 9.97 Å². The summed E-state index contributed by atoms with van der Waals surface area (Å²) in [6.07, 6.45) is -0.00921. The van der Waals surface area contributed by atoms with Gasteiger partial charge in [0.2, 0.25) is 0 Å². The van der Waals surface area contributed by atoms with E-state index in [1.165, 1.54) is 24.9 Å². The minimum absolute atomic E-state index is 0.192. The fourth-order valence-corrected chi connectivity index (χ4v) is 2.71. The number of nitrogens with zero attached hydrogens (tertiary/aromatic N) is 3. The number of hydrogen-bond donors (Lipinski definition) is 1. The first-order valence-corrected chi connectivity index (χ1v) is 8.15. The first-order valence-electron chi connectivity index (χ1n) is 8.15. The number of amides is 1. The van der Waals surface area contributed by atoms with E-state index in [9.17, 15) is 18.0 Å². The second-order valence-electron chi connectivity index (χ2n) is 5.84. The molecule has 138 valence electrons. The molecule has 1 saturated heterocycles. The van der Waals surface area contributed by atoms with E-state index >= 15 is 0 Å². The summed E-state index contributed by atoms with van der Waals surface area (Å²) in [5, 5.41) is 2.63. The molecule has 0 spiro atoms. The van der Waals surface area contributed by atoms with Gasteiger partial charge in [-0.3, -0.25) is 4.79 Å². The van der Waals surface area contributed by atoms with Gasteiger partial charge in [0.1, 0.15) is 23.7 Å². The van der Waals surface area contributed by atoms with Gasteiger partial charge in [0.05, 0.1) is 0 Å². The van der Waals surface area contributed by atoms with Crippen LogP contribution < -0.4 is 15.0 Å². The summed E-state index contributed by atoms with van der Waals surface area (Å²) in [4.78, 5) is 22.6. The van der Waals surface area contributed by atoms with E-state index in [2.05, 4.69) is 24.9 Å². The number of nitrogens with one attached hydrogen (secondary N) is 1. The minimum atomic E-state index is -4.77. The van der Waals surface area contributed by atoms with Crippen molar-refractivity contribution in [2.75, 3.05) is 23.3 Å². The smallest absolute Gasteiger partial charge is 0.406 e. The van der Waals surface area contributed by atoms with Crippen LogP contribution in [0.2, 0.25) is 0 Å². The van der Waals surface area contributed by atoms with Crippen molar-refractivity contribution >= 4 is 17.5 Å². The molecule has 1 aromatic heterocycles. The average molecular weight is 366 g/mol. The van der Waals surface area contributed by atoms with Crippen LogP contribution in [0, 0.1) is 0 Å². The second-order valence-corrected chi connectivity index (χ2v) is 5.84. The lowest BCUT2D eigenvalue weighted by Gasteiger charge is -2.27. The number of carbonyl (C=O) groups excluding carboxylic acids is 1. The van der Waals surface area contributed by atoms with Crippen LogP contribution in [0.15, 0.2) is 36.7 Å². The summed E-state index contributed by atoms with van der Waals surface area (Å²) in [5.41, 5.74) is 0.192. The second kappa shape index (κ2) is 7.59. The SMILES string of the molecule is O=C(Nc1cc(N2CCCCC2)ncn1)c1ccc(OC(F)(F)F)cc1. The van der Waals surface area contributed by atoms with Gasteiger partial charge in [-0.1, -0.05) is 0 Å². The molecule has 1 aromatic carbocycles. The van der Waals surface area contributed by atoms with E-state index in [1.54, 1.807) is 6.07 Å². The zero-order valence-electron chi connectivity index (χ0n) is 13.8. The molecule has 9 heteroatoms. The molecule has 0 radical (unpaired) electrons. The van der Waals surface area contributed by atoms with E-state index in [4.69, 9.17) is 0 Å². The molecule has 0 unspecified atom stereocenters. The third kappa shape index (κ3) is 4.84. The molecule has 2 heterocycles. The molecule has 0 aliphatic carbocycles. The molecule has 3 rings (SSSR count). The summed E-state index contributed by atoms with van der Waals surface area (Å²) in [6, 6.07) is 6.36. The lowest BCUT2D eigenvalue weighted by molar-refractivity contribution is -0.274. The topological polar surface area (TPSA) is 67.4 Å². The number of ether oxygens (including phenoxy) is 1. The van der Waals surface area contributed by atoms with E-state index < -0.39 is 12.3 Å². The Morgan fingerprint density at radius 2 is 1.77 bits per heavy atom. The Morgan fingerprint density at radius 1 is 1.08 bits per heavy atom. The van der Waals surface area contributed by atoms with Crippen molar-refractivity contribution in [2.24, 2.45) is 0 Å². The number of benzene rings is 1. The molecule has 2 aromatic rings. The van der Waals surface area contributed by atoms with Crippen molar-refractivity contribution in [3.63, 3.8) is 0 Å². The fourth-order valence-electron chi connectivity index (χ4n) is 2.71. The Morgan fingerprint density at radius 3 is 2.42 bits per heavy atom. The van der Waals surface area contributed by atoms with E-state index in [1.807, 2.05) is 0 Å². The van der Waals surface area contributed by atoms with Crippen LogP contribution in [-0.4, -0.2) is 35.3 Å². The first kappa shape index (κ1) is 18.0. The normalized spacial score (nSPS) is 14.8. The van der Waals surface area contributed by atoms with Gasteiger partial charge >= 0.3 is 6.36 Å². The summed E-state index contributed by atoms with van der Waals surface area (Å²) in [7, 11) is 0. The molecule has 1 aliphatic heterocycles. The van der Waals surface area contributed by atoms with Gasteiger partial charge in [-0.15, -0.1) is 13.2 Å². The van der Waals surface area contributed by atoms with E-state index in [-0.39, 0.29) is 11.3 Å². The average Bonchev–Trinajstić information content (AvgIpc) is 2.62. The van der Waals surface area contributed by atoms with Crippen LogP contribution in [0.3, 0.4) is 0 Å². The largest absolute Gasteiger partial charge is 0.573 e. The van der Waals surface area contributed by atoms with Crippen LogP contribution in [0.5, 0.6) is 5.75 Å². The van der Waals surface area contributed by atoms with Gasteiger partial charge < -0.3 is 15.0 Å². The predicted molar refractivity (Wildman–Crippen MR) is 89.2 cm³/mol. The molecule has 0 atom stereocenters. The Labute approximate surface area is 148 Å². The molecule has 1 aliphatic rings. The lowest BCUT2D eigenvalue weighted by atomic mass is 10.1. The van der Waals surface area contributed by atoms with E-state index in [0.29, 0.717) is 5.82 Å². The highest BCUT2D eigenvalue weighted by Gasteiger charge is 2.31. The lowest BCUT2D eigenvalue weighted by Crippen LogP contribution is -2.30. The van der Waals surface area contributed by atoms with Gasteiger partial charge in [-0.05, 0) is 43.5 Å². The third-order valence-electron chi connectivity index (χ3n) is 3.92. The number of hydrogen-bond acceptors (Lipinski definition) is 5. The standard InChI is InChI=1S/C17H17F3N4O2/c18-17(19,20)26-13-6-4-12(5-7-13)16(25)23-14-10-15(22-11-21-14)24-8-2-1-3-9-24/h4-7,10-11H,1-3,8-9H2,(H,21,22,23,25). The Bertz CT molecular complexity index is 759. The maximum Gasteiger partial charge on any atom is 0.573 e. The number of halogens is 3. The molecular formula is C17H17F3N4O2. The summed E-state index contributed by atoms with van der Waals surface area (Å²) in [5.74, 6) is 0.209. The Hall–Kier alpha value is -2.84. The number of rotatable bonds is 4. The van der Waals surface area contributed by atoms with Gasteiger partial charge in [0.15, 0.2) is 0 Å². The van der Waals surface area contributed by atoms with Crippen molar-refractivity contribution < 1.29 is 22.7 Å². The van der Waals surface area contributed by atoms with Crippen LogP contribution >= 0.6 is 0 Å². The first-order chi connectivity index (χ1) is 12.4. The summed E-state index contributed by atoms with van der Waals surface area (Å²) in [6.45, 7) is 1.82. The van der Waals surface area contributed by atoms with Crippen LogP contribution in [0.1, 0.15) is 29.6 Å². The minimum Gasteiger partial charge on any atom is -0.406 e. The zero-order valence-corrected chi connectivity index (χ0v) is 13.8. The van der Waals surface area contributed by atoms with Crippen molar-refractivity contribution in [2.45, 2.75) is 25.6 Å². The molecule has 6 nitrogen and oxygen atoms in total. The molecule has 0 bridgehead atoms. The summed E-state index contributed by atoms with van der Waals surface area (Å²) < 4.78 is 40.3. The van der Waals surface area contributed by atoms with Gasteiger partial charge in [0.25, 0.3) is 5.91 Å². The van der Waals surface area contributed by atoms with Crippen LogP contribution in [-0.2, 0) is 0 Å². The third-order valence-corrected chi connectivity index (χ3v) is 3.92. The molecule has 1 fully saturated rings. The monoisotopic (exact) mass is 366 g/mol. The maximum absolute atomic E-state index is 12.3. The maximum atomic E-state index is 12.3. The van der Waals surface area contributed by atoms with E-state index in [0.717, 1.165) is 43.9 Å². The highest BCUT2D eigenvalue weighted by molar-refractivity contribution is 6.03. The van der Waals surface area contributed by atoms with Crippen molar-refractivity contribution in [1.29, 1.82) is 0 Å². The number of carbonyl (C=O) groups is 1. The molecule has 1 amide bonds. The number of piperidine rings is 1. The van der Waals surface area contributed by atoms with Crippen LogP contribution in [0.25, 0.3) is 0 Å². The van der Waals surface area contributed by atoms with Gasteiger partial charge in [0, 0.05) is 24.7 Å². The number of anilines is 2. The Kier molecular flexibility index (Phi) is 5.24. The quantitative estimate of drug-likeness (QED) is 0.895. The molecule has 26 heavy (non-hydrogen) atoms. The highest BCUT2D eigenvalue weighted by Crippen LogP contribution is 2.23. The van der Waals surface area contributed by atoms with Crippen LogP contribution in [0.4, 0.5) is 24.8 Å². The van der Waals surface area contributed by atoms with Crippen molar-refractivity contribution in [1.82, 2.24) is 9.97 Å². The molecule has 0 saturated carbocycles. The number of aromatic nitrogens is 2.